The molecule has 0 bridgehead atoms. The summed E-state index contributed by atoms with van der Waals surface area (Å²) in [6.45, 7) is 3.41. The Morgan fingerprint density at radius 1 is 1.09 bits per heavy atom. The minimum atomic E-state index is -0.840. The SMILES string of the molecule is CCOC(=O)COc1cc(Br)c(/C=C2\C(=O)NC(=O)N(c3ccc(Br)c(C)c3)C2=O)cc1OC. The predicted molar refractivity (Wildman–Crippen MR) is 131 cm³/mol. The molecule has 11 heteroatoms. The number of imide groups is 2. The van der Waals surface area contributed by atoms with Crippen LogP contribution in [0.1, 0.15) is 18.1 Å². The highest BCUT2D eigenvalue weighted by molar-refractivity contribution is 9.10. The zero-order valence-corrected chi connectivity index (χ0v) is 21.6. The van der Waals surface area contributed by atoms with Crippen molar-refractivity contribution in [2.75, 3.05) is 25.2 Å². The third kappa shape index (κ3) is 5.48. The molecule has 0 saturated carbocycles. The molecule has 0 spiro atoms. The zero-order chi connectivity index (χ0) is 25.0. The first-order valence-corrected chi connectivity index (χ1v) is 11.6. The average Bonchev–Trinajstić information content (AvgIpc) is 2.78. The molecule has 0 aliphatic carbocycles. The van der Waals surface area contributed by atoms with Crippen molar-refractivity contribution < 1.29 is 33.4 Å². The molecule has 1 aliphatic rings. The van der Waals surface area contributed by atoms with Gasteiger partial charge in [-0.05, 0) is 61.4 Å². The van der Waals surface area contributed by atoms with E-state index >= 15 is 0 Å². The average molecular weight is 596 g/mol. The van der Waals surface area contributed by atoms with Crippen molar-refractivity contribution in [3.05, 3.63) is 56.0 Å². The van der Waals surface area contributed by atoms with Gasteiger partial charge in [-0.15, -0.1) is 0 Å². The maximum absolute atomic E-state index is 13.2. The molecule has 4 amide bonds. The van der Waals surface area contributed by atoms with Crippen molar-refractivity contribution in [1.82, 2.24) is 5.32 Å². The number of ether oxygens (including phenoxy) is 3. The number of amides is 4. The summed E-state index contributed by atoms with van der Waals surface area (Å²) < 4.78 is 16.9. The number of anilines is 1. The van der Waals surface area contributed by atoms with Crippen LogP contribution in [0.2, 0.25) is 0 Å². The van der Waals surface area contributed by atoms with E-state index < -0.39 is 23.8 Å². The summed E-state index contributed by atoms with van der Waals surface area (Å²) in [7, 11) is 1.41. The molecule has 1 fully saturated rings. The summed E-state index contributed by atoms with van der Waals surface area (Å²) in [5.74, 6) is -1.62. The fourth-order valence-corrected chi connectivity index (χ4v) is 3.77. The summed E-state index contributed by atoms with van der Waals surface area (Å²) >= 11 is 6.76. The monoisotopic (exact) mass is 594 g/mol. The first-order valence-electron chi connectivity index (χ1n) is 9.99. The molecule has 1 heterocycles. The van der Waals surface area contributed by atoms with Crippen LogP contribution >= 0.6 is 31.9 Å². The Morgan fingerprint density at radius 3 is 2.47 bits per heavy atom. The number of urea groups is 1. The smallest absolute Gasteiger partial charge is 0.344 e. The Labute approximate surface area is 212 Å². The van der Waals surface area contributed by atoms with Gasteiger partial charge >= 0.3 is 12.0 Å². The van der Waals surface area contributed by atoms with Crippen molar-refractivity contribution in [3.63, 3.8) is 0 Å². The largest absolute Gasteiger partial charge is 0.493 e. The summed E-state index contributed by atoms with van der Waals surface area (Å²) in [4.78, 5) is 50.6. The van der Waals surface area contributed by atoms with Crippen LogP contribution in [0.4, 0.5) is 10.5 Å². The maximum atomic E-state index is 13.2. The Kier molecular flexibility index (Phi) is 8.11. The number of rotatable bonds is 7. The van der Waals surface area contributed by atoms with Gasteiger partial charge in [0.15, 0.2) is 18.1 Å². The molecule has 2 aromatic rings. The van der Waals surface area contributed by atoms with Gasteiger partial charge in [0.1, 0.15) is 5.57 Å². The fourth-order valence-electron chi connectivity index (χ4n) is 3.09. The number of hydrogen-bond donors (Lipinski definition) is 1. The number of carbonyl (C=O) groups excluding carboxylic acids is 4. The maximum Gasteiger partial charge on any atom is 0.344 e. The Balaban J connectivity index is 1.96. The fraction of sp³-hybridized carbons (Fsp3) is 0.217. The molecular weight excluding hydrogens is 576 g/mol. The van der Waals surface area contributed by atoms with Crippen LogP contribution < -0.4 is 19.7 Å². The topological polar surface area (TPSA) is 111 Å². The minimum absolute atomic E-state index is 0.227. The van der Waals surface area contributed by atoms with Gasteiger partial charge in [-0.25, -0.2) is 14.5 Å². The molecule has 9 nitrogen and oxygen atoms in total. The van der Waals surface area contributed by atoms with Crippen molar-refractivity contribution in [1.29, 1.82) is 0 Å². The van der Waals surface area contributed by atoms with Gasteiger partial charge in [0.25, 0.3) is 11.8 Å². The number of benzene rings is 2. The van der Waals surface area contributed by atoms with E-state index in [4.69, 9.17) is 14.2 Å². The molecule has 1 N–H and O–H groups in total. The van der Waals surface area contributed by atoms with E-state index in [2.05, 4.69) is 37.2 Å². The van der Waals surface area contributed by atoms with E-state index in [1.807, 2.05) is 6.92 Å². The van der Waals surface area contributed by atoms with Gasteiger partial charge in [-0.1, -0.05) is 31.9 Å². The number of nitrogens with zero attached hydrogens (tertiary/aromatic N) is 1. The number of nitrogens with one attached hydrogen (secondary N) is 1. The van der Waals surface area contributed by atoms with Crippen molar-refractivity contribution in [2.24, 2.45) is 0 Å². The van der Waals surface area contributed by atoms with Crippen molar-refractivity contribution in [3.8, 4) is 11.5 Å². The number of halogens is 2. The summed E-state index contributed by atoms with van der Waals surface area (Å²) in [5, 5.41) is 2.19. The molecule has 2 aromatic carbocycles. The molecule has 0 aromatic heterocycles. The van der Waals surface area contributed by atoms with E-state index in [9.17, 15) is 19.2 Å². The van der Waals surface area contributed by atoms with Crippen molar-refractivity contribution >= 4 is 67.4 Å². The summed E-state index contributed by atoms with van der Waals surface area (Å²) in [6, 6.07) is 7.19. The van der Waals surface area contributed by atoms with Gasteiger partial charge in [0.2, 0.25) is 0 Å². The number of aryl methyl sites for hydroxylation is 1. The van der Waals surface area contributed by atoms with Crippen LogP contribution in [-0.2, 0) is 19.1 Å². The minimum Gasteiger partial charge on any atom is -0.493 e. The lowest BCUT2D eigenvalue weighted by Gasteiger charge is -2.26. The zero-order valence-electron chi connectivity index (χ0n) is 18.4. The third-order valence-corrected chi connectivity index (χ3v) is 6.31. The predicted octanol–water partition coefficient (Wildman–Crippen LogP) is 4.14. The van der Waals surface area contributed by atoms with Crippen LogP contribution in [0.25, 0.3) is 6.08 Å². The number of methoxy groups -OCH3 is 1. The van der Waals surface area contributed by atoms with E-state index in [1.54, 1.807) is 25.1 Å². The van der Waals surface area contributed by atoms with Crippen LogP contribution in [0.15, 0.2) is 44.9 Å². The second kappa shape index (κ2) is 10.8. The third-order valence-electron chi connectivity index (χ3n) is 4.74. The second-order valence-electron chi connectivity index (χ2n) is 7.01. The quantitative estimate of drug-likeness (QED) is 0.291. The van der Waals surface area contributed by atoms with Gasteiger partial charge < -0.3 is 14.2 Å². The molecule has 0 atom stereocenters. The molecule has 0 unspecified atom stereocenters. The molecule has 0 radical (unpaired) electrons. The van der Waals surface area contributed by atoms with Crippen molar-refractivity contribution in [2.45, 2.75) is 13.8 Å². The van der Waals surface area contributed by atoms with Crippen LogP contribution in [0.5, 0.6) is 11.5 Å². The molecule has 178 valence electrons. The highest BCUT2D eigenvalue weighted by atomic mass is 79.9. The van der Waals surface area contributed by atoms with E-state index in [0.29, 0.717) is 15.7 Å². The van der Waals surface area contributed by atoms with Crippen LogP contribution in [0.3, 0.4) is 0 Å². The number of esters is 1. The lowest BCUT2D eigenvalue weighted by molar-refractivity contribution is -0.145. The molecule has 1 aliphatic heterocycles. The standard InChI is InChI=1S/C23H20Br2N2O7/c1-4-33-20(28)11-34-19-10-17(25)13(9-18(19)32-3)8-15-21(29)26-23(31)27(22(15)30)14-5-6-16(24)12(2)7-14/h5-10H,4,11H2,1-3H3,(H,26,29,31)/b15-8+. The van der Waals surface area contributed by atoms with Gasteiger partial charge in [-0.2, -0.15) is 0 Å². The van der Waals surface area contributed by atoms with E-state index in [-0.39, 0.29) is 30.3 Å². The number of barbiturate groups is 1. The Morgan fingerprint density at radius 2 is 1.82 bits per heavy atom. The second-order valence-corrected chi connectivity index (χ2v) is 8.72. The summed E-state index contributed by atoms with van der Waals surface area (Å²) in [6.07, 6.45) is 1.34. The molecule has 1 saturated heterocycles. The van der Waals surface area contributed by atoms with Crippen LogP contribution in [-0.4, -0.2) is 44.1 Å². The highest BCUT2D eigenvalue weighted by Crippen LogP contribution is 2.35. The highest BCUT2D eigenvalue weighted by Gasteiger charge is 2.37. The lowest BCUT2D eigenvalue weighted by atomic mass is 10.1. The number of carbonyl (C=O) groups is 4. The van der Waals surface area contributed by atoms with Gasteiger partial charge in [-0.3, -0.25) is 14.9 Å². The van der Waals surface area contributed by atoms with Gasteiger partial charge in [0.05, 0.1) is 19.4 Å². The number of hydrogen-bond acceptors (Lipinski definition) is 7. The van der Waals surface area contributed by atoms with Crippen LogP contribution in [0, 0.1) is 6.92 Å². The Hall–Kier alpha value is -3.18. The lowest BCUT2D eigenvalue weighted by Crippen LogP contribution is -2.54. The first kappa shape index (κ1) is 25.4. The Bertz CT molecular complexity index is 1210. The summed E-state index contributed by atoms with van der Waals surface area (Å²) in [5.41, 5.74) is 1.30. The molecule has 34 heavy (non-hydrogen) atoms. The normalized spacial score (nSPS) is 14.8. The van der Waals surface area contributed by atoms with E-state index in [1.165, 1.54) is 25.3 Å². The van der Waals surface area contributed by atoms with E-state index in [0.717, 1.165) is 14.9 Å². The van der Waals surface area contributed by atoms with Gasteiger partial charge in [0, 0.05) is 8.95 Å². The molecule has 3 rings (SSSR count). The first-order chi connectivity index (χ1) is 16.2. The molecular formula is C23H20Br2N2O7.